The van der Waals surface area contributed by atoms with Crippen molar-refractivity contribution in [3.05, 3.63) is 35.6 Å². The largest absolute Gasteiger partial charge is 0.453 e. The van der Waals surface area contributed by atoms with E-state index in [9.17, 15) is 4.79 Å². The van der Waals surface area contributed by atoms with E-state index in [0.29, 0.717) is 11.3 Å². The average molecular weight is 190 g/mol. The van der Waals surface area contributed by atoms with Crippen LogP contribution in [-0.4, -0.2) is 10.9 Å². The van der Waals surface area contributed by atoms with E-state index in [1.54, 1.807) is 18.2 Å². The SMILES string of the molecule is CC(=O)c1cc2cc(CO)ccc2o1. The molecule has 0 aliphatic carbocycles. The third-order valence-electron chi connectivity index (χ3n) is 2.11. The number of aliphatic hydroxyl groups excluding tert-OH is 1. The summed E-state index contributed by atoms with van der Waals surface area (Å²) in [6, 6.07) is 7.03. The van der Waals surface area contributed by atoms with Crippen molar-refractivity contribution in [2.45, 2.75) is 13.5 Å². The molecule has 1 heterocycles. The van der Waals surface area contributed by atoms with Crippen LogP contribution in [0.4, 0.5) is 0 Å². The molecule has 0 amide bonds. The molecule has 1 aromatic heterocycles. The highest BCUT2D eigenvalue weighted by atomic mass is 16.3. The predicted molar refractivity (Wildman–Crippen MR) is 52.1 cm³/mol. The van der Waals surface area contributed by atoms with E-state index in [1.165, 1.54) is 6.92 Å². The van der Waals surface area contributed by atoms with Crippen molar-refractivity contribution < 1.29 is 14.3 Å². The van der Waals surface area contributed by atoms with Crippen LogP contribution in [-0.2, 0) is 6.61 Å². The van der Waals surface area contributed by atoms with E-state index < -0.39 is 0 Å². The van der Waals surface area contributed by atoms with Crippen LogP contribution in [0.15, 0.2) is 28.7 Å². The monoisotopic (exact) mass is 190 g/mol. The van der Waals surface area contributed by atoms with E-state index in [1.807, 2.05) is 6.07 Å². The van der Waals surface area contributed by atoms with Gasteiger partial charge in [0.1, 0.15) is 5.58 Å². The molecule has 0 aliphatic heterocycles. The Morgan fingerprint density at radius 2 is 2.21 bits per heavy atom. The zero-order valence-electron chi connectivity index (χ0n) is 7.78. The van der Waals surface area contributed by atoms with E-state index >= 15 is 0 Å². The fraction of sp³-hybridized carbons (Fsp3) is 0.182. The van der Waals surface area contributed by atoms with Gasteiger partial charge in [0, 0.05) is 12.3 Å². The highest BCUT2D eigenvalue weighted by Crippen LogP contribution is 2.21. The first kappa shape index (κ1) is 8.97. The van der Waals surface area contributed by atoms with Gasteiger partial charge in [-0.2, -0.15) is 0 Å². The van der Waals surface area contributed by atoms with Crippen molar-refractivity contribution in [3.63, 3.8) is 0 Å². The average Bonchev–Trinajstić information content (AvgIpc) is 2.59. The van der Waals surface area contributed by atoms with Crippen LogP contribution in [0.25, 0.3) is 11.0 Å². The van der Waals surface area contributed by atoms with Crippen LogP contribution in [0, 0.1) is 0 Å². The van der Waals surface area contributed by atoms with E-state index in [4.69, 9.17) is 9.52 Å². The van der Waals surface area contributed by atoms with Crippen LogP contribution in [0.3, 0.4) is 0 Å². The van der Waals surface area contributed by atoms with Crippen LogP contribution in [0.2, 0.25) is 0 Å². The van der Waals surface area contributed by atoms with Crippen LogP contribution >= 0.6 is 0 Å². The molecule has 2 aromatic rings. The molecule has 0 unspecified atom stereocenters. The van der Waals surface area contributed by atoms with Crippen LogP contribution < -0.4 is 0 Å². The van der Waals surface area contributed by atoms with Gasteiger partial charge in [0.2, 0.25) is 0 Å². The third kappa shape index (κ3) is 1.42. The lowest BCUT2D eigenvalue weighted by Gasteiger charge is -1.93. The molecule has 1 N–H and O–H groups in total. The summed E-state index contributed by atoms with van der Waals surface area (Å²) in [5, 5.41) is 9.76. The van der Waals surface area contributed by atoms with Crippen molar-refractivity contribution in [2.24, 2.45) is 0 Å². The van der Waals surface area contributed by atoms with Gasteiger partial charge >= 0.3 is 0 Å². The smallest absolute Gasteiger partial charge is 0.194 e. The molecule has 3 heteroatoms. The molecule has 1 aromatic carbocycles. The molecule has 0 spiro atoms. The third-order valence-corrected chi connectivity index (χ3v) is 2.11. The molecule has 3 nitrogen and oxygen atoms in total. The minimum absolute atomic E-state index is 0.00345. The normalized spacial score (nSPS) is 10.7. The Morgan fingerprint density at radius 1 is 1.43 bits per heavy atom. The highest BCUT2D eigenvalue weighted by molar-refractivity contribution is 5.96. The summed E-state index contributed by atoms with van der Waals surface area (Å²) in [6.45, 7) is 1.46. The van der Waals surface area contributed by atoms with Crippen molar-refractivity contribution >= 4 is 16.8 Å². The number of furan rings is 1. The lowest BCUT2D eigenvalue weighted by molar-refractivity contribution is 0.0989. The Balaban J connectivity index is 2.60. The molecular formula is C11H10O3. The second-order valence-electron chi connectivity index (χ2n) is 3.20. The predicted octanol–water partition coefficient (Wildman–Crippen LogP) is 2.13. The fourth-order valence-corrected chi connectivity index (χ4v) is 1.36. The topological polar surface area (TPSA) is 50.4 Å². The number of aliphatic hydroxyl groups is 1. The van der Waals surface area contributed by atoms with Gasteiger partial charge in [-0.05, 0) is 23.8 Å². The zero-order chi connectivity index (χ0) is 10.1. The Morgan fingerprint density at radius 3 is 2.86 bits per heavy atom. The number of fused-ring (bicyclic) bond motifs is 1. The number of Topliss-reactive ketones (excluding diaryl/α,β-unsaturated/α-hetero) is 1. The number of benzene rings is 1. The maximum atomic E-state index is 11.0. The molecule has 0 radical (unpaired) electrons. The molecule has 0 aliphatic rings. The number of carbonyl (C=O) groups excluding carboxylic acids is 1. The summed E-state index contributed by atoms with van der Waals surface area (Å²) in [6.07, 6.45) is 0. The van der Waals surface area contributed by atoms with Gasteiger partial charge in [-0.15, -0.1) is 0 Å². The number of hydrogen-bond donors (Lipinski definition) is 1. The van der Waals surface area contributed by atoms with Gasteiger partial charge in [-0.3, -0.25) is 4.79 Å². The molecular weight excluding hydrogens is 180 g/mol. The minimum atomic E-state index is -0.0910. The maximum absolute atomic E-state index is 11.0. The molecule has 0 saturated heterocycles. The Bertz CT molecular complexity index is 482. The maximum Gasteiger partial charge on any atom is 0.194 e. The Kier molecular flexibility index (Phi) is 2.09. The Labute approximate surface area is 81.0 Å². The molecule has 0 saturated carbocycles. The van der Waals surface area contributed by atoms with Crippen molar-refractivity contribution in [1.82, 2.24) is 0 Å². The highest BCUT2D eigenvalue weighted by Gasteiger charge is 2.07. The first-order valence-corrected chi connectivity index (χ1v) is 4.35. The van der Waals surface area contributed by atoms with E-state index in [2.05, 4.69) is 0 Å². The summed E-state index contributed by atoms with van der Waals surface area (Å²) in [7, 11) is 0. The Hall–Kier alpha value is -1.61. The van der Waals surface area contributed by atoms with Gasteiger partial charge in [0.15, 0.2) is 11.5 Å². The molecule has 72 valence electrons. The van der Waals surface area contributed by atoms with Crippen molar-refractivity contribution in [3.8, 4) is 0 Å². The van der Waals surface area contributed by atoms with Crippen molar-refractivity contribution in [2.75, 3.05) is 0 Å². The summed E-state index contributed by atoms with van der Waals surface area (Å²) < 4.78 is 5.30. The molecule has 0 fully saturated rings. The summed E-state index contributed by atoms with van der Waals surface area (Å²) >= 11 is 0. The van der Waals surface area contributed by atoms with Gasteiger partial charge < -0.3 is 9.52 Å². The number of hydrogen-bond acceptors (Lipinski definition) is 3. The summed E-state index contributed by atoms with van der Waals surface area (Å²) in [5.41, 5.74) is 1.49. The number of ketones is 1. The standard InChI is InChI=1S/C11H10O3/c1-7(13)11-5-9-4-8(6-12)2-3-10(9)14-11/h2-5,12H,6H2,1H3. The molecule has 0 atom stereocenters. The lowest BCUT2D eigenvalue weighted by atomic mass is 10.1. The number of carbonyl (C=O) groups is 1. The first-order chi connectivity index (χ1) is 6.70. The van der Waals surface area contributed by atoms with Gasteiger partial charge in [-0.25, -0.2) is 0 Å². The molecule has 2 rings (SSSR count). The van der Waals surface area contributed by atoms with Gasteiger partial charge in [0.25, 0.3) is 0 Å². The minimum Gasteiger partial charge on any atom is -0.453 e. The zero-order valence-corrected chi connectivity index (χ0v) is 7.78. The molecule has 0 bridgehead atoms. The van der Waals surface area contributed by atoms with E-state index in [-0.39, 0.29) is 12.4 Å². The van der Waals surface area contributed by atoms with Crippen molar-refractivity contribution in [1.29, 1.82) is 0 Å². The lowest BCUT2D eigenvalue weighted by Crippen LogP contribution is -1.85. The second-order valence-corrected chi connectivity index (χ2v) is 3.20. The molecule has 14 heavy (non-hydrogen) atoms. The van der Waals surface area contributed by atoms with Crippen LogP contribution in [0.1, 0.15) is 23.0 Å². The van der Waals surface area contributed by atoms with Gasteiger partial charge in [-0.1, -0.05) is 6.07 Å². The van der Waals surface area contributed by atoms with Gasteiger partial charge in [0.05, 0.1) is 6.61 Å². The van der Waals surface area contributed by atoms with Crippen LogP contribution in [0.5, 0.6) is 0 Å². The fourth-order valence-electron chi connectivity index (χ4n) is 1.36. The summed E-state index contributed by atoms with van der Waals surface area (Å²) in [5.74, 6) is 0.266. The summed E-state index contributed by atoms with van der Waals surface area (Å²) in [4.78, 5) is 11.0. The number of rotatable bonds is 2. The quantitative estimate of drug-likeness (QED) is 0.738. The first-order valence-electron chi connectivity index (χ1n) is 4.35. The second kappa shape index (κ2) is 3.27. The van der Waals surface area contributed by atoms with E-state index in [0.717, 1.165) is 10.9 Å².